The lowest BCUT2D eigenvalue weighted by atomic mass is 9.45. The number of carbonyl (C=O) groups is 2. The standard InChI is InChI=1S/C26H35BN2O5/c1-5-22(30)29-12-11-19(16-29)32-24(31)28-21(13-17-9-7-6-8-10-17)27-33-23-20-14-18(25(20,2)3)15-26(23,4)34-27/h5-10,18-21,23H,1,11-16H2,2-4H3,(H,28,31)/t18-,19+,20+,21-,23-,26+/m0/s1. The zero-order valence-corrected chi connectivity index (χ0v) is 20.4. The van der Waals surface area contributed by atoms with Crippen LogP contribution in [0.15, 0.2) is 43.0 Å². The fourth-order valence-electron chi connectivity index (χ4n) is 6.49. The van der Waals surface area contributed by atoms with Crippen LogP contribution in [-0.2, 0) is 25.3 Å². The molecule has 6 rings (SSSR count). The molecule has 5 aliphatic rings. The Morgan fingerprint density at radius 3 is 2.79 bits per heavy atom. The lowest BCUT2D eigenvalue weighted by Crippen LogP contribution is -2.63. The van der Waals surface area contributed by atoms with E-state index in [-0.39, 0.29) is 35.1 Å². The van der Waals surface area contributed by atoms with Crippen molar-refractivity contribution in [1.82, 2.24) is 10.2 Å². The molecule has 0 spiro atoms. The number of amides is 2. The molecule has 2 amide bonds. The minimum absolute atomic E-state index is 0.0295. The van der Waals surface area contributed by atoms with Gasteiger partial charge in [0.25, 0.3) is 0 Å². The van der Waals surface area contributed by atoms with E-state index in [1.54, 1.807) is 4.90 Å². The van der Waals surface area contributed by atoms with Gasteiger partial charge in [0.2, 0.25) is 5.91 Å². The molecule has 8 heteroatoms. The van der Waals surface area contributed by atoms with Crippen molar-refractivity contribution in [3.63, 3.8) is 0 Å². The molecule has 2 bridgehead atoms. The van der Waals surface area contributed by atoms with E-state index >= 15 is 0 Å². The number of hydrogen-bond donors (Lipinski definition) is 1. The van der Waals surface area contributed by atoms with Crippen LogP contribution in [0, 0.1) is 17.3 Å². The monoisotopic (exact) mass is 466 g/mol. The van der Waals surface area contributed by atoms with Crippen LogP contribution in [0.5, 0.6) is 0 Å². The molecule has 1 aromatic carbocycles. The third-order valence-corrected chi connectivity index (χ3v) is 8.67. The molecule has 1 N–H and O–H groups in total. The van der Waals surface area contributed by atoms with Crippen molar-refractivity contribution >= 4 is 19.1 Å². The maximum atomic E-state index is 12.9. The van der Waals surface area contributed by atoms with Gasteiger partial charge in [-0.15, -0.1) is 0 Å². The van der Waals surface area contributed by atoms with Crippen LogP contribution in [0.3, 0.4) is 0 Å². The van der Waals surface area contributed by atoms with Crippen molar-refractivity contribution in [2.45, 2.75) is 70.2 Å². The average Bonchev–Trinajstić information content (AvgIpc) is 3.42. The summed E-state index contributed by atoms with van der Waals surface area (Å²) < 4.78 is 18.8. The van der Waals surface area contributed by atoms with E-state index in [1.165, 1.54) is 12.5 Å². The van der Waals surface area contributed by atoms with E-state index < -0.39 is 13.2 Å². The van der Waals surface area contributed by atoms with Gasteiger partial charge < -0.3 is 24.3 Å². The fraction of sp³-hybridized carbons (Fsp3) is 0.615. The van der Waals surface area contributed by atoms with Crippen LogP contribution in [0.2, 0.25) is 0 Å². The molecule has 2 saturated heterocycles. The van der Waals surface area contributed by atoms with Crippen LogP contribution in [0.25, 0.3) is 0 Å². The van der Waals surface area contributed by atoms with Gasteiger partial charge in [0.1, 0.15) is 6.10 Å². The average molecular weight is 466 g/mol. The van der Waals surface area contributed by atoms with Crippen molar-refractivity contribution in [1.29, 1.82) is 0 Å². The zero-order chi connectivity index (χ0) is 24.1. The SMILES string of the molecule is C=CC(=O)N1CC[C@@H](OC(=O)N[C@@H](Cc2ccccc2)B2O[C@H]3[C@H]4C[C@@H](C[C@@]3(C)O2)C4(C)C)C1. The molecule has 34 heavy (non-hydrogen) atoms. The maximum Gasteiger partial charge on any atom is 0.482 e. The molecule has 3 aliphatic carbocycles. The summed E-state index contributed by atoms with van der Waals surface area (Å²) in [6.07, 6.45) is 3.84. The van der Waals surface area contributed by atoms with Gasteiger partial charge in [-0.25, -0.2) is 4.79 Å². The van der Waals surface area contributed by atoms with Crippen molar-refractivity contribution < 1.29 is 23.6 Å². The lowest BCUT2D eigenvalue weighted by Gasteiger charge is -2.63. The highest BCUT2D eigenvalue weighted by molar-refractivity contribution is 6.47. The summed E-state index contributed by atoms with van der Waals surface area (Å²) in [5.41, 5.74) is 1.03. The number of likely N-dealkylation sites (tertiary alicyclic amines) is 1. The molecule has 6 atom stereocenters. The smallest absolute Gasteiger partial charge is 0.444 e. The van der Waals surface area contributed by atoms with Gasteiger partial charge in [0, 0.05) is 13.0 Å². The Hall–Kier alpha value is -2.32. The first-order chi connectivity index (χ1) is 16.2. The van der Waals surface area contributed by atoms with Crippen LogP contribution in [-0.4, -0.2) is 60.9 Å². The van der Waals surface area contributed by atoms with Gasteiger partial charge in [-0.2, -0.15) is 0 Å². The third-order valence-electron chi connectivity index (χ3n) is 8.67. The van der Waals surface area contributed by atoms with Crippen LogP contribution < -0.4 is 5.32 Å². The van der Waals surface area contributed by atoms with Gasteiger partial charge in [0.05, 0.1) is 24.2 Å². The number of benzene rings is 1. The number of ether oxygens (including phenoxy) is 1. The minimum atomic E-state index is -0.541. The highest BCUT2D eigenvalue weighted by atomic mass is 16.7. The normalized spacial score (nSPS) is 34.1. The first-order valence-electron chi connectivity index (χ1n) is 12.5. The predicted molar refractivity (Wildman–Crippen MR) is 129 cm³/mol. The Balaban J connectivity index is 1.27. The van der Waals surface area contributed by atoms with Gasteiger partial charge >= 0.3 is 13.2 Å². The first kappa shape index (κ1) is 23.4. The first-order valence-corrected chi connectivity index (χ1v) is 12.5. The van der Waals surface area contributed by atoms with Crippen LogP contribution in [0.1, 0.15) is 45.6 Å². The highest BCUT2D eigenvalue weighted by Crippen LogP contribution is 2.64. The second kappa shape index (κ2) is 8.72. The summed E-state index contributed by atoms with van der Waals surface area (Å²) in [5.74, 6) is 0.593. The Bertz CT molecular complexity index is 956. The second-order valence-electron chi connectivity index (χ2n) is 11.2. The number of rotatable bonds is 6. The molecule has 0 aromatic heterocycles. The quantitative estimate of drug-likeness (QED) is 0.514. The summed E-state index contributed by atoms with van der Waals surface area (Å²) in [6.45, 7) is 11.3. The second-order valence-corrected chi connectivity index (χ2v) is 11.2. The van der Waals surface area contributed by atoms with Crippen LogP contribution >= 0.6 is 0 Å². The van der Waals surface area contributed by atoms with Gasteiger partial charge in [-0.1, -0.05) is 50.8 Å². The largest absolute Gasteiger partial charge is 0.482 e. The van der Waals surface area contributed by atoms with Crippen molar-refractivity contribution in [2.75, 3.05) is 13.1 Å². The fourth-order valence-corrected chi connectivity index (χ4v) is 6.49. The van der Waals surface area contributed by atoms with Crippen molar-refractivity contribution in [3.8, 4) is 0 Å². The number of alkyl carbamates (subject to hydrolysis) is 1. The Kier molecular flexibility index (Phi) is 6.01. The number of hydrogen-bond acceptors (Lipinski definition) is 5. The summed E-state index contributed by atoms with van der Waals surface area (Å²) in [5, 5.41) is 3.03. The highest BCUT2D eigenvalue weighted by Gasteiger charge is 2.67. The maximum absolute atomic E-state index is 12.9. The van der Waals surface area contributed by atoms with Gasteiger partial charge in [0.15, 0.2) is 0 Å². The van der Waals surface area contributed by atoms with Crippen molar-refractivity contribution in [2.24, 2.45) is 17.3 Å². The number of carbonyl (C=O) groups excluding carboxylic acids is 2. The zero-order valence-electron chi connectivity index (χ0n) is 20.4. The Morgan fingerprint density at radius 2 is 2.09 bits per heavy atom. The van der Waals surface area contributed by atoms with E-state index in [0.29, 0.717) is 37.8 Å². The minimum Gasteiger partial charge on any atom is -0.444 e. The van der Waals surface area contributed by atoms with Gasteiger partial charge in [-0.05, 0) is 55.1 Å². The molecule has 0 unspecified atom stereocenters. The molecule has 182 valence electrons. The van der Waals surface area contributed by atoms with Gasteiger partial charge in [-0.3, -0.25) is 4.79 Å². The molecule has 7 nitrogen and oxygen atoms in total. The molecule has 0 radical (unpaired) electrons. The molecule has 1 aromatic rings. The van der Waals surface area contributed by atoms with E-state index in [1.807, 2.05) is 30.3 Å². The topological polar surface area (TPSA) is 77.1 Å². The summed E-state index contributed by atoms with van der Waals surface area (Å²) in [4.78, 5) is 26.4. The predicted octanol–water partition coefficient (Wildman–Crippen LogP) is 3.38. The van der Waals surface area contributed by atoms with E-state index in [4.69, 9.17) is 14.0 Å². The molecular formula is C26H35BN2O5. The number of nitrogens with zero attached hydrogens (tertiary/aromatic N) is 1. The molecular weight excluding hydrogens is 431 g/mol. The molecule has 2 aliphatic heterocycles. The summed E-state index contributed by atoms with van der Waals surface area (Å²) in [6, 6.07) is 10.0. The Morgan fingerprint density at radius 1 is 1.32 bits per heavy atom. The lowest BCUT2D eigenvalue weighted by molar-refractivity contribution is -0.185. The van der Waals surface area contributed by atoms with E-state index in [2.05, 4.69) is 32.7 Å². The van der Waals surface area contributed by atoms with Crippen molar-refractivity contribution in [3.05, 3.63) is 48.6 Å². The summed E-state index contributed by atoms with van der Waals surface area (Å²) >= 11 is 0. The third kappa shape index (κ3) is 4.15. The van der Waals surface area contributed by atoms with E-state index in [9.17, 15) is 9.59 Å². The molecule has 5 fully saturated rings. The molecule has 2 heterocycles. The Labute approximate surface area is 202 Å². The number of nitrogens with one attached hydrogen (secondary N) is 1. The summed E-state index contributed by atoms with van der Waals surface area (Å²) in [7, 11) is -0.541. The molecule has 3 saturated carbocycles. The van der Waals surface area contributed by atoms with Crippen LogP contribution in [0.4, 0.5) is 4.79 Å². The van der Waals surface area contributed by atoms with E-state index in [0.717, 1.165) is 12.0 Å².